The molecule has 0 bridgehead atoms. The zero-order chi connectivity index (χ0) is 16.1. The Balaban J connectivity index is 2.21. The number of aromatic hydroxyl groups is 1. The maximum atomic E-state index is 11.3. The van der Waals surface area contributed by atoms with E-state index in [-0.39, 0.29) is 28.8 Å². The van der Waals surface area contributed by atoms with Crippen molar-refractivity contribution >= 4 is 12.2 Å². The molecule has 22 heavy (non-hydrogen) atoms. The highest BCUT2D eigenvalue weighted by molar-refractivity contribution is 5.82. The van der Waals surface area contributed by atoms with Crippen LogP contribution in [0.15, 0.2) is 28.1 Å². The Morgan fingerprint density at radius 3 is 2.45 bits per heavy atom. The van der Waals surface area contributed by atoms with E-state index in [2.05, 4.69) is 20.5 Å². The zero-order valence-electron chi connectivity index (χ0n) is 12.4. The smallest absolute Gasteiger partial charge is 0.252 e. The van der Waals surface area contributed by atoms with Crippen molar-refractivity contribution in [2.24, 2.45) is 5.10 Å². The Kier molecular flexibility index (Phi) is 4.62. The third kappa shape index (κ3) is 3.54. The van der Waals surface area contributed by atoms with Crippen LogP contribution in [0.1, 0.15) is 11.3 Å². The third-order valence-electron chi connectivity index (χ3n) is 2.76. The molecule has 0 spiro atoms. The number of aromatic nitrogens is 2. The Morgan fingerprint density at radius 2 is 1.91 bits per heavy atom. The number of benzene rings is 1. The second-order valence-electron chi connectivity index (χ2n) is 4.38. The second kappa shape index (κ2) is 6.61. The lowest BCUT2D eigenvalue weighted by Gasteiger charge is -2.09. The van der Waals surface area contributed by atoms with Crippen LogP contribution in [-0.4, -0.2) is 35.5 Å². The fraction of sp³-hybridized carbons (Fsp3) is 0.214. The van der Waals surface area contributed by atoms with E-state index >= 15 is 0 Å². The number of nitrogens with one attached hydrogen (secondary N) is 2. The summed E-state index contributed by atoms with van der Waals surface area (Å²) in [5.41, 5.74) is 3.57. The van der Waals surface area contributed by atoms with E-state index in [0.29, 0.717) is 11.3 Å². The summed E-state index contributed by atoms with van der Waals surface area (Å²) in [4.78, 5) is 17.9. The van der Waals surface area contributed by atoms with Crippen LogP contribution in [0.2, 0.25) is 0 Å². The van der Waals surface area contributed by atoms with Gasteiger partial charge >= 0.3 is 0 Å². The number of hydrogen-bond acceptors (Lipinski definition) is 7. The second-order valence-corrected chi connectivity index (χ2v) is 4.38. The first kappa shape index (κ1) is 15.4. The van der Waals surface area contributed by atoms with Crippen LogP contribution in [-0.2, 0) is 0 Å². The van der Waals surface area contributed by atoms with Crippen LogP contribution in [0.3, 0.4) is 0 Å². The number of phenols is 1. The molecule has 0 aliphatic carbocycles. The Labute approximate surface area is 126 Å². The van der Waals surface area contributed by atoms with Gasteiger partial charge in [-0.25, -0.2) is 10.4 Å². The van der Waals surface area contributed by atoms with E-state index in [9.17, 15) is 9.90 Å². The van der Waals surface area contributed by atoms with Crippen molar-refractivity contribution in [3.05, 3.63) is 39.8 Å². The molecule has 1 heterocycles. The number of phenolic OH excluding ortho intramolecular Hbond substituents is 1. The summed E-state index contributed by atoms with van der Waals surface area (Å²) in [6.07, 6.45) is 1.48. The number of nitrogens with zero attached hydrogens (tertiary/aromatic N) is 2. The van der Waals surface area contributed by atoms with Crippen LogP contribution in [0, 0.1) is 6.92 Å². The predicted molar refractivity (Wildman–Crippen MR) is 82.0 cm³/mol. The molecular weight excluding hydrogens is 288 g/mol. The van der Waals surface area contributed by atoms with E-state index in [1.54, 1.807) is 19.1 Å². The van der Waals surface area contributed by atoms with Gasteiger partial charge in [0.15, 0.2) is 11.5 Å². The lowest BCUT2D eigenvalue weighted by atomic mass is 10.2. The molecule has 0 saturated carbocycles. The molecular formula is C14H16N4O4. The van der Waals surface area contributed by atoms with Crippen molar-refractivity contribution in [3.63, 3.8) is 0 Å². The Morgan fingerprint density at radius 1 is 1.27 bits per heavy atom. The number of hydrazone groups is 1. The van der Waals surface area contributed by atoms with Crippen molar-refractivity contribution < 1.29 is 14.6 Å². The molecule has 8 nitrogen and oxygen atoms in total. The summed E-state index contributed by atoms with van der Waals surface area (Å²) in [5.74, 6) is 0.685. The average molecular weight is 304 g/mol. The first-order valence-electron chi connectivity index (χ1n) is 6.35. The summed E-state index contributed by atoms with van der Waals surface area (Å²) >= 11 is 0. The van der Waals surface area contributed by atoms with Crippen molar-refractivity contribution in [1.29, 1.82) is 0 Å². The molecule has 0 saturated heterocycles. The maximum absolute atomic E-state index is 11.3. The normalized spacial score (nSPS) is 10.7. The highest BCUT2D eigenvalue weighted by Crippen LogP contribution is 2.36. The predicted octanol–water partition coefficient (Wildman–Crippen LogP) is 1.25. The lowest BCUT2D eigenvalue weighted by Crippen LogP contribution is -2.10. The van der Waals surface area contributed by atoms with Gasteiger partial charge in [0.2, 0.25) is 11.7 Å². The molecule has 1 aromatic carbocycles. The minimum Gasteiger partial charge on any atom is -0.502 e. The van der Waals surface area contributed by atoms with Crippen molar-refractivity contribution in [2.75, 3.05) is 19.6 Å². The molecule has 2 aromatic rings. The topological polar surface area (TPSA) is 109 Å². The number of rotatable bonds is 5. The quantitative estimate of drug-likeness (QED) is 0.566. The van der Waals surface area contributed by atoms with Gasteiger partial charge in [0.25, 0.3) is 5.56 Å². The van der Waals surface area contributed by atoms with Crippen molar-refractivity contribution in [3.8, 4) is 17.2 Å². The lowest BCUT2D eigenvalue weighted by molar-refractivity contribution is 0.340. The molecule has 0 atom stereocenters. The van der Waals surface area contributed by atoms with Crippen LogP contribution in [0.25, 0.3) is 0 Å². The monoisotopic (exact) mass is 304 g/mol. The largest absolute Gasteiger partial charge is 0.502 e. The minimum absolute atomic E-state index is 0.0835. The first-order chi connectivity index (χ1) is 10.5. The number of H-pyrrole nitrogens is 1. The van der Waals surface area contributed by atoms with Gasteiger partial charge < -0.3 is 14.6 Å². The molecule has 3 N–H and O–H groups in total. The van der Waals surface area contributed by atoms with E-state index in [1.165, 1.54) is 26.5 Å². The van der Waals surface area contributed by atoms with Gasteiger partial charge in [-0.05, 0) is 19.1 Å². The Hall–Kier alpha value is -3.03. The fourth-order valence-electron chi connectivity index (χ4n) is 1.79. The summed E-state index contributed by atoms with van der Waals surface area (Å²) in [7, 11) is 2.88. The van der Waals surface area contributed by atoms with E-state index in [1.807, 2.05) is 0 Å². The minimum atomic E-state index is -0.266. The maximum Gasteiger partial charge on any atom is 0.252 e. The molecule has 2 rings (SSSR count). The van der Waals surface area contributed by atoms with E-state index in [0.717, 1.165) is 0 Å². The summed E-state index contributed by atoms with van der Waals surface area (Å²) < 4.78 is 10.1. The number of ether oxygens (including phenoxy) is 2. The molecule has 116 valence electrons. The number of aromatic amines is 1. The van der Waals surface area contributed by atoms with Gasteiger partial charge in [-0.1, -0.05) is 0 Å². The highest BCUT2D eigenvalue weighted by Gasteiger charge is 2.10. The highest BCUT2D eigenvalue weighted by atomic mass is 16.5. The van der Waals surface area contributed by atoms with Crippen LogP contribution >= 0.6 is 0 Å². The van der Waals surface area contributed by atoms with Gasteiger partial charge in [0.1, 0.15) is 0 Å². The van der Waals surface area contributed by atoms with Crippen LogP contribution < -0.4 is 20.5 Å². The molecule has 0 fully saturated rings. The van der Waals surface area contributed by atoms with Gasteiger partial charge in [0, 0.05) is 17.3 Å². The standard InChI is InChI=1S/C14H16N4O4/c1-8-4-12(19)17-14(16-8)18-15-7-9-5-10(21-2)13(20)11(6-9)22-3/h4-7,20H,1-3H3,(H2,16,17,18,19)/b15-7+. The van der Waals surface area contributed by atoms with E-state index < -0.39 is 0 Å². The molecule has 0 aliphatic heterocycles. The Bertz CT molecular complexity index is 730. The van der Waals surface area contributed by atoms with Crippen molar-refractivity contribution in [2.45, 2.75) is 6.92 Å². The molecule has 0 amide bonds. The van der Waals surface area contributed by atoms with Crippen LogP contribution in [0.4, 0.5) is 5.95 Å². The summed E-state index contributed by atoms with van der Waals surface area (Å²) in [5, 5.41) is 13.8. The fourth-order valence-corrected chi connectivity index (χ4v) is 1.79. The van der Waals surface area contributed by atoms with Gasteiger partial charge in [-0.2, -0.15) is 5.10 Å². The zero-order valence-corrected chi connectivity index (χ0v) is 12.4. The number of aryl methyl sites for hydroxylation is 1. The molecule has 8 heteroatoms. The molecule has 0 radical (unpaired) electrons. The third-order valence-corrected chi connectivity index (χ3v) is 2.76. The molecule has 0 unspecified atom stereocenters. The SMILES string of the molecule is COc1cc(/C=N/Nc2nc(C)cc(=O)[nH]2)cc(OC)c1O. The van der Waals surface area contributed by atoms with Gasteiger partial charge in [-0.15, -0.1) is 0 Å². The van der Waals surface area contributed by atoms with Gasteiger partial charge in [-0.3, -0.25) is 9.78 Å². The summed E-state index contributed by atoms with van der Waals surface area (Å²) in [6, 6.07) is 4.56. The number of hydrogen-bond donors (Lipinski definition) is 3. The number of methoxy groups -OCH3 is 2. The van der Waals surface area contributed by atoms with Gasteiger partial charge in [0.05, 0.1) is 20.4 Å². The van der Waals surface area contributed by atoms with E-state index in [4.69, 9.17) is 9.47 Å². The molecule has 0 aliphatic rings. The number of anilines is 1. The first-order valence-corrected chi connectivity index (χ1v) is 6.35. The molecule has 1 aromatic heterocycles. The van der Waals surface area contributed by atoms with Crippen LogP contribution in [0.5, 0.6) is 17.2 Å². The summed E-state index contributed by atoms with van der Waals surface area (Å²) in [6.45, 7) is 1.71. The van der Waals surface area contributed by atoms with Crippen molar-refractivity contribution in [1.82, 2.24) is 9.97 Å². The average Bonchev–Trinajstić information content (AvgIpc) is 2.47.